The summed E-state index contributed by atoms with van der Waals surface area (Å²) in [7, 11) is 3.25. The van der Waals surface area contributed by atoms with Crippen LogP contribution in [0, 0.1) is 5.41 Å². The van der Waals surface area contributed by atoms with Gasteiger partial charge in [-0.3, -0.25) is 9.36 Å². The van der Waals surface area contributed by atoms with Crippen LogP contribution in [0.25, 0.3) is 0 Å². The van der Waals surface area contributed by atoms with E-state index in [2.05, 4.69) is 5.10 Å². The van der Waals surface area contributed by atoms with E-state index < -0.39 is 0 Å². The molecule has 0 aliphatic carbocycles. The van der Waals surface area contributed by atoms with E-state index >= 15 is 0 Å². The lowest BCUT2D eigenvalue weighted by Gasteiger charge is -2.41. The number of carbonyl (C=O) groups is 1. The van der Waals surface area contributed by atoms with Gasteiger partial charge in [0.2, 0.25) is 0 Å². The number of nitrogens with zero attached hydrogens (tertiary/aromatic N) is 4. The molecule has 0 radical (unpaired) electrons. The smallest absolute Gasteiger partial charge is 0.345 e. The third-order valence-corrected chi connectivity index (χ3v) is 6.70. The van der Waals surface area contributed by atoms with Crippen LogP contribution in [-0.4, -0.2) is 59.1 Å². The molecule has 3 heterocycles. The maximum Gasteiger partial charge on any atom is 0.345 e. The van der Waals surface area contributed by atoms with Crippen LogP contribution in [0.2, 0.25) is 0 Å². The topological polar surface area (TPSA) is 78.6 Å². The summed E-state index contributed by atoms with van der Waals surface area (Å²) in [6, 6.07) is 7.30. The first-order valence-electron chi connectivity index (χ1n) is 10.6. The van der Waals surface area contributed by atoms with E-state index in [1.807, 2.05) is 33.7 Å². The van der Waals surface area contributed by atoms with Gasteiger partial charge in [0.15, 0.2) is 0 Å². The van der Waals surface area contributed by atoms with Crippen molar-refractivity contribution in [2.24, 2.45) is 5.41 Å². The second-order valence-electron chi connectivity index (χ2n) is 8.34. The molecule has 8 nitrogen and oxygen atoms in total. The Labute approximate surface area is 176 Å². The number of aromatic nitrogens is 3. The molecule has 0 N–H and O–H groups in total. The van der Waals surface area contributed by atoms with Crippen LogP contribution < -0.4 is 10.4 Å². The van der Waals surface area contributed by atoms with Crippen LogP contribution in [0.4, 0.5) is 0 Å². The van der Waals surface area contributed by atoms with E-state index in [9.17, 15) is 9.59 Å². The normalized spacial score (nSPS) is 18.1. The number of amides is 1. The van der Waals surface area contributed by atoms with Gasteiger partial charge in [-0.1, -0.05) is 0 Å². The average molecular weight is 415 g/mol. The van der Waals surface area contributed by atoms with Crippen molar-refractivity contribution in [3.63, 3.8) is 0 Å². The van der Waals surface area contributed by atoms with Crippen LogP contribution >= 0.6 is 0 Å². The first-order valence-corrected chi connectivity index (χ1v) is 10.6. The highest BCUT2D eigenvalue weighted by molar-refractivity contribution is 5.94. The Morgan fingerprint density at radius 2 is 1.77 bits per heavy atom. The quantitative estimate of drug-likeness (QED) is 0.747. The third-order valence-electron chi connectivity index (χ3n) is 6.70. The van der Waals surface area contributed by atoms with E-state index in [4.69, 9.17) is 9.47 Å². The molecule has 2 aromatic rings. The molecule has 1 aromatic carbocycles. The molecule has 2 aliphatic heterocycles. The molecule has 8 heteroatoms. The maximum atomic E-state index is 12.9. The van der Waals surface area contributed by atoms with Gasteiger partial charge in [0.1, 0.15) is 11.6 Å². The van der Waals surface area contributed by atoms with Gasteiger partial charge in [-0.2, -0.15) is 5.10 Å². The monoisotopic (exact) mass is 414 g/mol. The summed E-state index contributed by atoms with van der Waals surface area (Å²) in [5, 5.41) is 4.54. The van der Waals surface area contributed by atoms with Crippen molar-refractivity contribution in [3.8, 4) is 5.75 Å². The number of hydrogen-bond acceptors (Lipinski definition) is 5. The molecule has 0 bridgehead atoms. The minimum Gasteiger partial charge on any atom is -0.497 e. The minimum atomic E-state index is -0.0359. The Morgan fingerprint density at radius 1 is 1.07 bits per heavy atom. The first kappa shape index (κ1) is 20.7. The number of ether oxygens (including phenoxy) is 2. The molecule has 1 aromatic heterocycles. The number of aryl methyl sites for hydroxylation is 1. The van der Waals surface area contributed by atoms with Crippen LogP contribution in [0.5, 0.6) is 5.75 Å². The summed E-state index contributed by atoms with van der Waals surface area (Å²) in [6.07, 6.45) is 4.72. The molecule has 4 rings (SSSR count). The molecular weight excluding hydrogens is 384 g/mol. The number of piperidine rings is 1. The largest absolute Gasteiger partial charge is 0.497 e. The zero-order valence-electron chi connectivity index (χ0n) is 17.8. The van der Waals surface area contributed by atoms with Gasteiger partial charge < -0.3 is 14.4 Å². The number of hydrogen-bond donors (Lipinski definition) is 0. The van der Waals surface area contributed by atoms with Gasteiger partial charge in [0.05, 0.1) is 20.3 Å². The van der Waals surface area contributed by atoms with E-state index in [1.165, 1.54) is 4.68 Å². The molecule has 0 atom stereocenters. The van der Waals surface area contributed by atoms with Crippen LogP contribution in [0.3, 0.4) is 0 Å². The van der Waals surface area contributed by atoms with Crippen LogP contribution in [0.1, 0.15) is 41.9 Å². The fraction of sp³-hybridized carbons (Fsp3) is 0.591. The Morgan fingerprint density at radius 3 is 2.43 bits per heavy atom. The second kappa shape index (κ2) is 8.63. The standard InChI is InChI=1S/C22H30N4O4/c1-29-16-15-26-21(28)25-14-11-22(8-7-19(25)23-26)9-12-24(13-10-22)20(27)17-3-5-18(30-2)6-4-17/h3-6H,7-16H2,1-2H3. The van der Waals surface area contributed by atoms with Crippen molar-refractivity contribution in [2.75, 3.05) is 33.9 Å². The number of benzene rings is 1. The maximum absolute atomic E-state index is 12.9. The molecule has 2 aliphatic rings. The van der Waals surface area contributed by atoms with E-state index in [0.29, 0.717) is 25.3 Å². The number of fused-ring (bicyclic) bond motifs is 1. The SMILES string of the molecule is COCCn1nc2n(c1=O)CCC1(CC2)CCN(C(=O)c2ccc(OC)cc2)CC1. The highest BCUT2D eigenvalue weighted by atomic mass is 16.5. The van der Waals surface area contributed by atoms with Gasteiger partial charge in [0, 0.05) is 38.7 Å². The third kappa shape index (κ3) is 4.01. The molecule has 30 heavy (non-hydrogen) atoms. The van der Waals surface area contributed by atoms with Crippen molar-refractivity contribution in [3.05, 3.63) is 46.1 Å². The first-order chi connectivity index (χ1) is 14.5. The lowest BCUT2D eigenvalue weighted by Crippen LogP contribution is -2.43. The van der Waals surface area contributed by atoms with Crippen LogP contribution in [-0.2, 0) is 24.2 Å². The Balaban J connectivity index is 1.38. The number of methoxy groups -OCH3 is 2. The molecule has 1 fully saturated rings. The number of rotatable bonds is 5. The number of carbonyl (C=O) groups excluding carboxylic acids is 1. The lowest BCUT2D eigenvalue weighted by atomic mass is 9.72. The average Bonchev–Trinajstić information content (AvgIpc) is 2.98. The highest BCUT2D eigenvalue weighted by Crippen LogP contribution is 2.41. The van der Waals surface area contributed by atoms with Crippen molar-refractivity contribution in [1.82, 2.24) is 19.2 Å². The van der Waals surface area contributed by atoms with E-state index in [0.717, 1.165) is 56.8 Å². The van der Waals surface area contributed by atoms with Crippen molar-refractivity contribution < 1.29 is 14.3 Å². The minimum absolute atomic E-state index is 0.0359. The molecule has 1 amide bonds. The van der Waals surface area contributed by atoms with Gasteiger partial charge in [-0.05, 0) is 55.4 Å². The van der Waals surface area contributed by atoms with Gasteiger partial charge in [-0.15, -0.1) is 0 Å². The summed E-state index contributed by atoms with van der Waals surface area (Å²) in [5.41, 5.74) is 0.844. The Kier molecular flexibility index (Phi) is 5.94. The van der Waals surface area contributed by atoms with Crippen LogP contribution in [0.15, 0.2) is 29.1 Å². The van der Waals surface area contributed by atoms with Crippen molar-refractivity contribution in [2.45, 2.75) is 45.2 Å². The molecule has 1 saturated heterocycles. The molecule has 1 spiro atoms. The summed E-state index contributed by atoms with van der Waals surface area (Å²) in [5.74, 6) is 1.71. The fourth-order valence-corrected chi connectivity index (χ4v) is 4.67. The van der Waals surface area contributed by atoms with Gasteiger partial charge in [0.25, 0.3) is 5.91 Å². The van der Waals surface area contributed by atoms with E-state index in [1.54, 1.807) is 14.2 Å². The molecule has 162 valence electrons. The van der Waals surface area contributed by atoms with E-state index in [-0.39, 0.29) is 17.0 Å². The summed E-state index contributed by atoms with van der Waals surface area (Å²) in [4.78, 5) is 27.4. The fourth-order valence-electron chi connectivity index (χ4n) is 4.67. The number of likely N-dealkylation sites (tertiary alicyclic amines) is 1. The molecular formula is C22H30N4O4. The highest BCUT2D eigenvalue weighted by Gasteiger charge is 2.38. The Bertz CT molecular complexity index is 939. The molecule has 0 saturated carbocycles. The summed E-state index contributed by atoms with van der Waals surface area (Å²) < 4.78 is 13.6. The van der Waals surface area contributed by atoms with Gasteiger partial charge in [-0.25, -0.2) is 9.48 Å². The van der Waals surface area contributed by atoms with Crippen molar-refractivity contribution in [1.29, 1.82) is 0 Å². The van der Waals surface area contributed by atoms with Gasteiger partial charge >= 0.3 is 5.69 Å². The lowest BCUT2D eigenvalue weighted by molar-refractivity contribution is 0.0535. The zero-order chi connectivity index (χ0) is 21.1. The predicted molar refractivity (Wildman–Crippen MR) is 112 cm³/mol. The summed E-state index contributed by atoms with van der Waals surface area (Å²) in [6.45, 7) is 3.19. The zero-order valence-corrected chi connectivity index (χ0v) is 17.8. The van der Waals surface area contributed by atoms with Crippen molar-refractivity contribution >= 4 is 5.91 Å². The Hall–Kier alpha value is -2.61. The second-order valence-corrected chi connectivity index (χ2v) is 8.34. The molecule has 0 unspecified atom stereocenters. The predicted octanol–water partition coefficient (Wildman–Crippen LogP) is 1.96. The summed E-state index contributed by atoms with van der Waals surface area (Å²) >= 11 is 0.